The van der Waals surface area contributed by atoms with Crippen LogP contribution >= 0.6 is 36.6 Å². The minimum Gasteiger partial charge on any atom is -0.350 e. The Morgan fingerprint density at radius 3 is 2.67 bits per heavy atom. The Hall–Kier alpha value is -1.73. The van der Waals surface area contributed by atoms with Gasteiger partial charge >= 0.3 is 0 Å². The first-order chi connectivity index (χ1) is 12.2. The van der Waals surface area contributed by atoms with Crippen molar-refractivity contribution >= 4 is 48.1 Å². The molecule has 0 bridgehead atoms. The number of fused-ring (bicyclic) bond motifs is 1. The number of likely N-dealkylation sites (N-methyl/N-ethyl adjacent to an activating group) is 1. The molecule has 27 heavy (non-hydrogen) atoms. The van der Waals surface area contributed by atoms with E-state index in [0.29, 0.717) is 12.1 Å². The molecule has 2 heterocycles. The van der Waals surface area contributed by atoms with Gasteiger partial charge in [-0.2, -0.15) is 0 Å². The van der Waals surface area contributed by atoms with Crippen LogP contribution in [-0.4, -0.2) is 34.9 Å². The number of nitrogens with zero attached hydrogens (tertiary/aromatic N) is 2. The lowest BCUT2D eigenvalue weighted by Crippen LogP contribution is -2.37. The minimum absolute atomic E-state index is 0. The normalized spacial score (nSPS) is 11.3. The van der Waals surface area contributed by atoms with Crippen LogP contribution in [0.4, 0.5) is 0 Å². The predicted molar refractivity (Wildman–Crippen MR) is 117 cm³/mol. The molecule has 0 aliphatic rings. The highest BCUT2D eigenvalue weighted by atomic mass is 35.5. The molecule has 1 amide bonds. The number of halogens is 2. The zero-order chi connectivity index (χ0) is 17.6. The van der Waals surface area contributed by atoms with Crippen molar-refractivity contribution in [3.8, 4) is 0 Å². The van der Waals surface area contributed by atoms with Crippen molar-refractivity contribution in [2.75, 3.05) is 13.6 Å². The number of aromatic nitrogens is 2. The maximum atomic E-state index is 12.5. The molecule has 8 heteroatoms. The first-order valence-corrected chi connectivity index (χ1v) is 9.26. The van der Waals surface area contributed by atoms with Crippen molar-refractivity contribution in [3.63, 3.8) is 0 Å². The molecule has 0 saturated heterocycles. The SMILES string of the molecule is CNC(C)CNC(=O)c1ccccc1SCc1cn2ccccc2n1.Cl.Cl. The lowest BCUT2D eigenvalue weighted by molar-refractivity contribution is 0.0947. The Kier molecular flexibility index (Phi) is 9.66. The van der Waals surface area contributed by atoms with Gasteiger partial charge in [0.05, 0.1) is 11.3 Å². The fourth-order valence-electron chi connectivity index (χ4n) is 2.43. The van der Waals surface area contributed by atoms with Gasteiger partial charge in [0.15, 0.2) is 0 Å². The molecule has 5 nitrogen and oxygen atoms in total. The fourth-order valence-corrected chi connectivity index (χ4v) is 3.37. The van der Waals surface area contributed by atoms with Gasteiger partial charge in [0.1, 0.15) is 5.65 Å². The largest absolute Gasteiger partial charge is 0.350 e. The molecule has 2 aromatic heterocycles. The maximum absolute atomic E-state index is 12.5. The van der Waals surface area contributed by atoms with Gasteiger partial charge in [-0.1, -0.05) is 18.2 Å². The number of thioether (sulfide) groups is 1. The number of amides is 1. The highest BCUT2D eigenvalue weighted by Gasteiger charge is 2.12. The van der Waals surface area contributed by atoms with E-state index in [1.165, 1.54) is 0 Å². The number of hydrogen-bond donors (Lipinski definition) is 2. The highest BCUT2D eigenvalue weighted by molar-refractivity contribution is 7.98. The molecule has 1 atom stereocenters. The van der Waals surface area contributed by atoms with E-state index < -0.39 is 0 Å². The van der Waals surface area contributed by atoms with E-state index in [-0.39, 0.29) is 36.8 Å². The summed E-state index contributed by atoms with van der Waals surface area (Å²) in [6, 6.07) is 13.9. The van der Waals surface area contributed by atoms with E-state index in [0.717, 1.165) is 22.0 Å². The van der Waals surface area contributed by atoms with Gasteiger partial charge in [-0.25, -0.2) is 4.98 Å². The summed E-state index contributed by atoms with van der Waals surface area (Å²) in [4.78, 5) is 18.0. The average Bonchev–Trinajstić information content (AvgIpc) is 3.07. The standard InChI is InChI=1S/C19H22N4OS.2ClH/c1-14(20-2)11-21-19(24)16-7-3-4-8-17(16)25-13-15-12-23-10-6-5-9-18(23)22-15;;/h3-10,12,14,20H,11,13H2,1-2H3,(H,21,24);2*1H. The molecular formula is C19H24Cl2N4OS. The van der Waals surface area contributed by atoms with Gasteiger partial charge in [-0.3, -0.25) is 4.79 Å². The molecule has 0 saturated carbocycles. The van der Waals surface area contributed by atoms with Crippen LogP contribution < -0.4 is 10.6 Å². The third kappa shape index (κ3) is 6.14. The van der Waals surface area contributed by atoms with Crippen LogP contribution in [0.25, 0.3) is 5.65 Å². The summed E-state index contributed by atoms with van der Waals surface area (Å²) >= 11 is 1.63. The number of imidazole rings is 1. The summed E-state index contributed by atoms with van der Waals surface area (Å²) in [5.41, 5.74) is 2.64. The lowest BCUT2D eigenvalue weighted by atomic mass is 10.2. The number of rotatable bonds is 7. The topological polar surface area (TPSA) is 58.4 Å². The Morgan fingerprint density at radius 2 is 1.93 bits per heavy atom. The van der Waals surface area contributed by atoms with Crippen LogP contribution in [0.1, 0.15) is 23.0 Å². The van der Waals surface area contributed by atoms with E-state index in [2.05, 4.69) is 15.6 Å². The molecule has 0 radical (unpaired) electrons. The third-order valence-corrected chi connectivity index (χ3v) is 5.09. The van der Waals surface area contributed by atoms with Gasteiger partial charge in [-0.05, 0) is 38.2 Å². The van der Waals surface area contributed by atoms with Gasteiger partial charge < -0.3 is 15.0 Å². The number of pyridine rings is 1. The van der Waals surface area contributed by atoms with Crippen molar-refractivity contribution in [2.45, 2.75) is 23.6 Å². The molecule has 146 valence electrons. The van der Waals surface area contributed by atoms with Gasteiger partial charge in [0, 0.05) is 35.6 Å². The second kappa shape index (κ2) is 11.2. The van der Waals surface area contributed by atoms with E-state index in [9.17, 15) is 4.79 Å². The molecule has 0 fully saturated rings. The van der Waals surface area contributed by atoms with E-state index in [1.807, 2.05) is 73.2 Å². The zero-order valence-corrected chi connectivity index (χ0v) is 17.7. The van der Waals surface area contributed by atoms with Crippen LogP contribution in [0.3, 0.4) is 0 Å². The van der Waals surface area contributed by atoms with Crippen molar-refractivity contribution in [1.82, 2.24) is 20.0 Å². The number of carbonyl (C=O) groups excluding carboxylic acids is 1. The van der Waals surface area contributed by atoms with E-state index >= 15 is 0 Å². The van der Waals surface area contributed by atoms with Crippen LogP contribution in [0.2, 0.25) is 0 Å². The van der Waals surface area contributed by atoms with Gasteiger partial charge in [0.25, 0.3) is 5.91 Å². The molecule has 3 aromatic rings. The average molecular weight is 427 g/mol. The van der Waals surface area contributed by atoms with Crippen LogP contribution in [0, 0.1) is 0 Å². The number of carbonyl (C=O) groups is 1. The van der Waals surface area contributed by atoms with Gasteiger partial charge in [0.2, 0.25) is 0 Å². The second-order valence-electron chi connectivity index (χ2n) is 5.88. The Bertz CT molecular complexity index is 839. The molecule has 3 rings (SSSR count). The third-order valence-electron chi connectivity index (χ3n) is 3.98. The molecule has 1 aromatic carbocycles. The predicted octanol–water partition coefficient (Wildman–Crippen LogP) is 3.81. The molecule has 2 N–H and O–H groups in total. The van der Waals surface area contributed by atoms with Crippen LogP contribution in [0.15, 0.2) is 59.8 Å². The Morgan fingerprint density at radius 1 is 1.19 bits per heavy atom. The number of benzene rings is 1. The summed E-state index contributed by atoms with van der Waals surface area (Å²) in [6.45, 7) is 2.63. The zero-order valence-electron chi connectivity index (χ0n) is 15.2. The quantitative estimate of drug-likeness (QED) is 0.563. The molecule has 0 aliphatic heterocycles. The molecule has 1 unspecified atom stereocenters. The van der Waals surface area contributed by atoms with Crippen molar-refractivity contribution < 1.29 is 4.79 Å². The molecule has 0 spiro atoms. The van der Waals surface area contributed by atoms with E-state index in [4.69, 9.17) is 0 Å². The minimum atomic E-state index is -0.0415. The summed E-state index contributed by atoms with van der Waals surface area (Å²) in [5.74, 6) is 0.680. The van der Waals surface area contributed by atoms with Crippen molar-refractivity contribution in [1.29, 1.82) is 0 Å². The lowest BCUT2D eigenvalue weighted by Gasteiger charge is -2.13. The second-order valence-corrected chi connectivity index (χ2v) is 6.90. The Balaban J connectivity index is 0.00000182. The van der Waals surface area contributed by atoms with Crippen molar-refractivity contribution in [2.24, 2.45) is 0 Å². The fraction of sp³-hybridized carbons (Fsp3) is 0.263. The first kappa shape index (κ1) is 23.3. The van der Waals surface area contributed by atoms with Crippen LogP contribution in [0.5, 0.6) is 0 Å². The summed E-state index contributed by atoms with van der Waals surface area (Å²) < 4.78 is 2.01. The summed E-state index contributed by atoms with van der Waals surface area (Å²) in [6.07, 6.45) is 4.01. The smallest absolute Gasteiger partial charge is 0.252 e. The molecular weight excluding hydrogens is 403 g/mol. The first-order valence-electron chi connectivity index (χ1n) is 8.27. The highest BCUT2D eigenvalue weighted by Crippen LogP contribution is 2.26. The summed E-state index contributed by atoms with van der Waals surface area (Å²) in [7, 11) is 1.88. The Labute approximate surface area is 176 Å². The number of nitrogens with one attached hydrogen (secondary N) is 2. The van der Waals surface area contributed by atoms with Gasteiger partial charge in [-0.15, -0.1) is 36.6 Å². The number of hydrogen-bond acceptors (Lipinski definition) is 4. The molecule has 0 aliphatic carbocycles. The van der Waals surface area contributed by atoms with Crippen LogP contribution in [-0.2, 0) is 5.75 Å². The maximum Gasteiger partial charge on any atom is 0.252 e. The van der Waals surface area contributed by atoms with Crippen molar-refractivity contribution in [3.05, 3.63) is 66.1 Å². The monoisotopic (exact) mass is 426 g/mol. The summed E-state index contributed by atoms with van der Waals surface area (Å²) in [5, 5.41) is 6.09. The van der Waals surface area contributed by atoms with E-state index in [1.54, 1.807) is 11.8 Å².